The Kier molecular flexibility index (Phi) is 3.67. The molecular formula is C14H15ClN2O2S. The van der Waals surface area contributed by atoms with Crippen LogP contribution in [0, 0.1) is 0 Å². The van der Waals surface area contributed by atoms with E-state index in [0.29, 0.717) is 10.9 Å². The van der Waals surface area contributed by atoms with Gasteiger partial charge in [-0.2, -0.15) is 0 Å². The average Bonchev–Trinajstić information content (AvgIpc) is 2.83. The largest absolute Gasteiger partial charge is 0.256 e. The highest BCUT2D eigenvalue weighted by molar-refractivity contribution is 7.89. The fourth-order valence-corrected chi connectivity index (χ4v) is 4.57. The van der Waals surface area contributed by atoms with Gasteiger partial charge in [0.1, 0.15) is 0 Å². The van der Waals surface area contributed by atoms with E-state index in [1.54, 1.807) is 36.5 Å². The molecule has 20 heavy (non-hydrogen) atoms. The summed E-state index contributed by atoms with van der Waals surface area (Å²) in [5.74, 6) is 0. The molecule has 0 aliphatic heterocycles. The van der Waals surface area contributed by atoms with E-state index < -0.39 is 10.0 Å². The summed E-state index contributed by atoms with van der Waals surface area (Å²) < 4.78 is 27.8. The van der Waals surface area contributed by atoms with Crippen molar-refractivity contribution in [2.24, 2.45) is 0 Å². The molecule has 3 rings (SSSR count). The summed E-state index contributed by atoms with van der Waals surface area (Å²) in [5, 5.41) is 0.504. The molecule has 1 aromatic heterocycles. The Labute approximate surface area is 123 Å². The smallest absolute Gasteiger partial charge is 0.241 e. The number of alkyl halides is 1. The second kappa shape index (κ2) is 5.31. The van der Waals surface area contributed by atoms with Gasteiger partial charge in [-0.3, -0.25) is 4.98 Å². The van der Waals surface area contributed by atoms with Crippen LogP contribution >= 0.6 is 11.6 Å². The molecule has 0 radical (unpaired) electrons. The lowest BCUT2D eigenvalue weighted by molar-refractivity contribution is 0.554. The van der Waals surface area contributed by atoms with Crippen molar-refractivity contribution in [3.05, 3.63) is 36.5 Å². The van der Waals surface area contributed by atoms with Crippen molar-refractivity contribution < 1.29 is 8.42 Å². The number of hydrogen-bond donors (Lipinski definition) is 1. The van der Waals surface area contributed by atoms with Crippen LogP contribution in [-0.4, -0.2) is 24.8 Å². The fourth-order valence-electron chi connectivity index (χ4n) is 2.62. The van der Waals surface area contributed by atoms with Crippen LogP contribution in [0.1, 0.15) is 19.3 Å². The van der Waals surface area contributed by atoms with Crippen LogP contribution in [0.2, 0.25) is 0 Å². The van der Waals surface area contributed by atoms with Gasteiger partial charge >= 0.3 is 0 Å². The molecule has 2 atom stereocenters. The third-order valence-corrected chi connectivity index (χ3v) is 5.70. The van der Waals surface area contributed by atoms with Crippen molar-refractivity contribution in [3.8, 4) is 0 Å². The summed E-state index contributed by atoms with van der Waals surface area (Å²) >= 11 is 6.15. The lowest BCUT2D eigenvalue weighted by atomic mass is 10.2. The van der Waals surface area contributed by atoms with Gasteiger partial charge in [0.2, 0.25) is 10.0 Å². The van der Waals surface area contributed by atoms with E-state index in [9.17, 15) is 8.42 Å². The molecule has 2 unspecified atom stereocenters. The summed E-state index contributed by atoms with van der Waals surface area (Å²) in [6.07, 6.45) is 4.25. The molecule has 0 bridgehead atoms. The summed E-state index contributed by atoms with van der Waals surface area (Å²) in [4.78, 5) is 4.45. The Morgan fingerprint density at radius 2 is 2.05 bits per heavy atom. The van der Waals surface area contributed by atoms with Crippen LogP contribution < -0.4 is 4.72 Å². The van der Waals surface area contributed by atoms with E-state index in [1.807, 2.05) is 0 Å². The first kappa shape index (κ1) is 13.8. The Balaban J connectivity index is 2.01. The molecule has 106 valence electrons. The normalized spacial score (nSPS) is 23.2. The Bertz CT molecular complexity index is 728. The van der Waals surface area contributed by atoms with Crippen molar-refractivity contribution in [2.45, 2.75) is 35.6 Å². The van der Waals surface area contributed by atoms with Gasteiger partial charge in [-0.25, -0.2) is 13.1 Å². The molecule has 1 N–H and O–H groups in total. The predicted molar refractivity (Wildman–Crippen MR) is 79.3 cm³/mol. The van der Waals surface area contributed by atoms with Crippen LogP contribution in [0.3, 0.4) is 0 Å². The molecule has 1 saturated carbocycles. The molecular weight excluding hydrogens is 296 g/mol. The molecule has 2 aromatic rings. The van der Waals surface area contributed by atoms with Crippen LogP contribution in [-0.2, 0) is 10.0 Å². The minimum Gasteiger partial charge on any atom is -0.256 e. The van der Waals surface area contributed by atoms with Crippen LogP contribution in [0.25, 0.3) is 10.9 Å². The van der Waals surface area contributed by atoms with Gasteiger partial charge in [0, 0.05) is 23.0 Å². The summed E-state index contributed by atoms with van der Waals surface area (Å²) in [5.41, 5.74) is 0.671. The quantitative estimate of drug-likeness (QED) is 0.887. The van der Waals surface area contributed by atoms with Gasteiger partial charge in [0.05, 0.1) is 10.4 Å². The number of rotatable bonds is 3. The van der Waals surface area contributed by atoms with Gasteiger partial charge in [-0.15, -0.1) is 11.6 Å². The maximum Gasteiger partial charge on any atom is 0.241 e. The Morgan fingerprint density at radius 1 is 1.20 bits per heavy atom. The maximum atomic E-state index is 12.6. The minimum atomic E-state index is -3.58. The molecule has 4 nitrogen and oxygen atoms in total. The first-order valence-electron chi connectivity index (χ1n) is 6.58. The zero-order valence-corrected chi connectivity index (χ0v) is 12.4. The number of nitrogens with one attached hydrogen (secondary N) is 1. The van der Waals surface area contributed by atoms with Crippen LogP contribution in [0.15, 0.2) is 41.4 Å². The van der Waals surface area contributed by atoms with E-state index in [2.05, 4.69) is 9.71 Å². The first-order chi connectivity index (χ1) is 9.58. The second-order valence-corrected chi connectivity index (χ2v) is 7.24. The lowest BCUT2D eigenvalue weighted by Crippen LogP contribution is -2.37. The van der Waals surface area contributed by atoms with Crippen molar-refractivity contribution >= 4 is 32.5 Å². The Hall–Kier alpha value is -1.17. The number of benzene rings is 1. The number of nitrogens with zero attached hydrogens (tertiary/aromatic N) is 1. The highest BCUT2D eigenvalue weighted by Gasteiger charge is 2.30. The van der Waals surface area contributed by atoms with Gasteiger partial charge in [0.25, 0.3) is 0 Å². The number of fused-ring (bicyclic) bond motifs is 1. The standard InChI is InChI=1S/C14H15ClN2O2S/c15-11-5-1-7-13(11)17-20(18,19)14-8-2-6-12-10(14)4-3-9-16-12/h2-4,6,8-9,11,13,17H,1,5,7H2. The van der Waals surface area contributed by atoms with Crippen LogP contribution in [0.4, 0.5) is 0 Å². The first-order valence-corrected chi connectivity index (χ1v) is 8.50. The summed E-state index contributed by atoms with van der Waals surface area (Å²) in [7, 11) is -3.58. The second-order valence-electron chi connectivity index (χ2n) is 5.00. The van der Waals surface area contributed by atoms with Gasteiger partial charge in [-0.05, 0) is 37.1 Å². The summed E-state index contributed by atoms with van der Waals surface area (Å²) in [6.45, 7) is 0. The molecule has 1 heterocycles. The van der Waals surface area contributed by atoms with E-state index >= 15 is 0 Å². The van der Waals surface area contributed by atoms with E-state index in [0.717, 1.165) is 19.3 Å². The minimum absolute atomic E-state index is 0.127. The third-order valence-electron chi connectivity index (χ3n) is 3.63. The summed E-state index contributed by atoms with van der Waals surface area (Å²) in [6, 6.07) is 8.43. The van der Waals surface area contributed by atoms with Crippen LogP contribution in [0.5, 0.6) is 0 Å². The van der Waals surface area contributed by atoms with Crippen molar-refractivity contribution in [1.82, 2.24) is 9.71 Å². The Morgan fingerprint density at radius 3 is 2.80 bits per heavy atom. The number of halogens is 1. The SMILES string of the molecule is O=S(=O)(NC1CCCC1Cl)c1cccc2ncccc12. The van der Waals surface area contributed by atoms with Crippen molar-refractivity contribution in [2.75, 3.05) is 0 Å². The molecule has 0 spiro atoms. The van der Waals surface area contributed by atoms with Crippen molar-refractivity contribution in [1.29, 1.82) is 0 Å². The molecule has 1 aliphatic carbocycles. The van der Waals surface area contributed by atoms with Gasteiger partial charge in [0.15, 0.2) is 0 Å². The molecule has 1 aromatic carbocycles. The van der Waals surface area contributed by atoms with E-state index in [-0.39, 0.29) is 16.3 Å². The topological polar surface area (TPSA) is 59.1 Å². The number of sulfonamides is 1. The number of pyridine rings is 1. The zero-order chi connectivity index (χ0) is 14.2. The van der Waals surface area contributed by atoms with E-state index in [1.165, 1.54) is 0 Å². The average molecular weight is 311 g/mol. The molecule has 1 aliphatic rings. The molecule has 1 fully saturated rings. The third kappa shape index (κ3) is 2.53. The number of aromatic nitrogens is 1. The fraction of sp³-hybridized carbons (Fsp3) is 0.357. The molecule has 6 heteroatoms. The highest BCUT2D eigenvalue weighted by atomic mass is 35.5. The maximum absolute atomic E-state index is 12.6. The highest BCUT2D eigenvalue weighted by Crippen LogP contribution is 2.27. The monoisotopic (exact) mass is 310 g/mol. The van der Waals surface area contributed by atoms with Gasteiger partial charge in [-0.1, -0.05) is 12.5 Å². The van der Waals surface area contributed by atoms with E-state index in [4.69, 9.17) is 11.6 Å². The zero-order valence-electron chi connectivity index (χ0n) is 10.8. The lowest BCUT2D eigenvalue weighted by Gasteiger charge is -2.16. The molecule has 0 saturated heterocycles. The predicted octanol–water partition coefficient (Wildman–Crippen LogP) is 2.67. The van der Waals surface area contributed by atoms with Crippen molar-refractivity contribution in [3.63, 3.8) is 0 Å². The van der Waals surface area contributed by atoms with Gasteiger partial charge < -0.3 is 0 Å². The number of hydrogen-bond acceptors (Lipinski definition) is 3. The molecule has 0 amide bonds.